The molecule has 0 saturated heterocycles. The molecular formula is C10H8BrClN2O2. The van der Waals surface area contributed by atoms with E-state index < -0.39 is 0 Å². The van der Waals surface area contributed by atoms with Crippen molar-refractivity contribution in [3.63, 3.8) is 0 Å². The fourth-order valence-electron chi connectivity index (χ4n) is 1.46. The molecule has 0 atom stereocenters. The lowest BCUT2D eigenvalue weighted by atomic mass is 10.2. The molecule has 84 valence electrons. The SMILES string of the molecule is O=c1c2cc(Br)ccc2nc(Cl)n1CCO. The van der Waals surface area contributed by atoms with E-state index in [-0.39, 0.29) is 24.0 Å². The maximum absolute atomic E-state index is 12.0. The van der Waals surface area contributed by atoms with Gasteiger partial charge in [0.1, 0.15) is 0 Å². The van der Waals surface area contributed by atoms with E-state index in [4.69, 9.17) is 16.7 Å². The van der Waals surface area contributed by atoms with Crippen molar-refractivity contribution in [3.8, 4) is 0 Å². The van der Waals surface area contributed by atoms with Crippen LogP contribution in [0.4, 0.5) is 0 Å². The molecule has 2 aromatic rings. The van der Waals surface area contributed by atoms with E-state index in [1.807, 2.05) is 0 Å². The van der Waals surface area contributed by atoms with E-state index >= 15 is 0 Å². The van der Waals surface area contributed by atoms with Gasteiger partial charge in [0, 0.05) is 4.47 Å². The molecule has 6 heteroatoms. The number of rotatable bonds is 2. The van der Waals surface area contributed by atoms with Crippen molar-refractivity contribution in [1.82, 2.24) is 9.55 Å². The molecule has 0 bridgehead atoms. The molecule has 2 rings (SSSR count). The number of hydrogen-bond donors (Lipinski definition) is 1. The number of aliphatic hydroxyl groups excluding tert-OH is 1. The summed E-state index contributed by atoms with van der Waals surface area (Å²) in [5, 5.41) is 9.41. The van der Waals surface area contributed by atoms with E-state index in [0.29, 0.717) is 10.9 Å². The standard InChI is InChI=1S/C10H8BrClN2O2/c11-6-1-2-8-7(5-6)9(16)14(3-4-15)10(12)13-8/h1-2,5,15H,3-4H2. The summed E-state index contributed by atoms with van der Waals surface area (Å²) < 4.78 is 2.05. The van der Waals surface area contributed by atoms with Crippen LogP contribution >= 0.6 is 27.5 Å². The first-order chi connectivity index (χ1) is 7.63. The van der Waals surface area contributed by atoms with E-state index in [9.17, 15) is 4.79 Å². The van der Waals surface area contributed by atoms with Crippen LogP contribution in [-0.4, -0.2) is 21.3 Å². The van der Waals surface area contributed by atoms with Crippen LogP contribution in [0.15, 0.2) is 27.5 Å². The molecule has 0 spiro atoms. The molecule has 0 amide bonds. The van der Waals surface area contributed by atoms with Gasteiger partial charge in [0.15, 0.2) is 0 Å². The highest BCUT2D eigenvalue weighted by Crippen LogP contribution is 2.17. The van der Waals surface area contributed by atoms with Gasteiger partial charge in [-0.25, -0.2) is 4.98 Å². The summed E-state index contributed by atoms with van der Waals surface area (Å²) in [7, 11) is 0. The lowest BCUT2D eigenvalue weighted by Crippen LogP contribution is -2.23. The summed E-state index contributed by atoms with van der Waals surface area (Å²) in [6, 6.07) is 5.20. The van der Waals surface area contributed by atoms with Crippen molar-refractivity contribution >= 4 is 38.4 Å². The fraction of sp³-hybridized carbons (Fsp3) is 0.200. The van der Waals surface area contributed by atoms with Gasteiger partial charge in [0.2, 0.25) is 5.28 Å². The van der Waals surface area contributed by atoms with Crippen LogP contribution in [0.2, 0.25) is 5.28 Å². The Balaban J connectivity index is 2.80. The van der Waals surface area contributed by atoms with Gasteiger partial charge in [-0.05, 0) is 29.8 Å². The maximum Gasteiger partial charge on any atom is 0.262 e. The molecule has 16 heavy (non-hydrogen) atoms. The van der Waals surface area contributed by atoms with Gasteiger partial charge < -0.3 is 5.11 Å². The Morgan fingerprint density at radius 3 is 2.94 bits per heavy atom. The molecule has 4 nitrogen and oxygen atoms in total. The highest BCUT2D eigenvalue weighted by atomic mass is 79.9. The zero-order valence-corrected chi connectivity index (χ0v) is 10.5. The van der Waals surface area contributed by atoms with Gasteiger partial charge in [-0.3, -0.25) is 9.36 Å². The number of fused-ring (bicyclic) bond motifs is 1. The van der Waals surface area contributed by atoms with E-state index in [0.717, 1.165) is 4.47 Å². The molecule has 0 saturated carbocycles. The number of hydrogen-bond acceptors (Lipinski definition) is 3. The second kappa shape index (κ2) is 4.53. The molecule has 0 radical (unpaired) electrons. The summed E-state index contributed by atoms with van der Waals surface area (Å²) in [4.78, 5) is 16.1. The average Bonchev–Trinajstić information content (AvgIpc) is 2.26. The molecular weight excluding hydrogens is 295 g/mol. The molecule has 0 aliphatic heterocycles. The number of halogens is 2. The third-order valence-corrected chi connectivity index (χ3v) is 2.98. The highest BCUT2D eigenvalue weighted by Gasteiger charge is 2.08. The van der Waals surface area contributed by atoms with Crippen molar-refractivity contribution < 1.29 is 5.11 Å². The number of aliphatic hydroxyl groups is 1. The van der Waals surface area contributed by atoms with Gasteiger partial charge in [0.05, 0.1) is 24.1 Å². The molecule has 0 unspecified atom stereocenters. The monoisotopic (exact) mass is 302 g/mol. The van der Waals surface area contributed by atoms with Crippen molar-refractivity contribution in [2.75, 3.05) is 6.61 Å². The van der Waals surface area contributed by atoms with Gasteiger partial charge in [-0.1, -0.05) is 15.9 Å². The van der Waals surface area contributed by atoms with Crippen LogP contribution in [0.3, 0.4) is 0 Å². The topological polar surface area (TPSA) is 55.1 Å². The first kappa shape index (κ1) is 11.6. The third kappa shape index (κ3) is 1.98. The lowest BCUT2D eigenvalue weighted by molar-refractivity contribution is 0.274. The Kier molecular flexibility index (Phi) is 3.28. The van der Waals surface area contributed by atoms with Crippen LogP contribution in [0.25, 0.3) is 10.9 Å². The van der Waals surface area contributed by atoms with E-state index in [2.05, 4.69) is 20.9 Å². The summed E-state index contributed by atoms with van der Waals surface area (Å²) in [5.41, 5.74) is 0.303. The summed E-state index contributed by atoms with van der Waals surface area (Å²) in [6.07, 6.45) is 0. The maximum atomic E-state index is 12.0. The molecule has 0 aliphatic carbocycles. The zero-order chi connectivity index (χ0) is 11.7. The zero-order valence-electron chi connectivity index (χ0n) is 8.15. The van der Waals surface area contributed by atoms with Gasteiger partial charge in [-0.15, -0.1) is 0 Å². The number of benzene rings is 1. The Bertz CT molecular complexity index is 597. The van der Waals surface area contributed by atoms with Crippen LogP contribution in [0.5, 0.6) is 0 Å². The molecule has 1 aromatic carbocycles. The molecule has 1 N–H and O–H groups in total. The minimum Gasteiger partial charge on any atom is -0.395 e. The smallest absolute Gasteiger partial charge is 0.262 e. The van der Waals surface area contributed by atoms with Crippen LogP contribution < -0.4 is 5.56 Å². The lowest BCUT2D eigenvalue weighted by Gasteiger charge is -2.07. The molecule has 0 aliphatic rings. The second-order valence-corrected chi connectivity index (χ2v) is 4.48. The fourth-order valence-corrected chi connectivity index (χ4v) is 2.07. The number of nitrogens with zero attached hydrogens (tertiary/aromatic N) is 2. The predicted molar refractivity (Wildman–Crippen MR) is 65.8 cm³/mol. The predicted octanol–water partition coefficient (Wildman–Crippen LogP) is 1.80. The average molecular weight is 304 g/mol. The van der Waals surface area contributed by atoms with Gasteiger partial charge >= 0.3 is 0 Å². The van der Waals surface area contributed by atoms with E-state index in [1.54, 1.807) is 18.2 Å². The number of aromatic nitrogens is 2. The molecule has 0 fully saturated rings. The third-order valence-electron chi connectivity index (χ3n) is 2.19. The Morgan fingerprint density at radius 2 is 2.25 bits per heavy atom. The van der Waals surface area contributed by atoms with Crippen molar-refractivity contribution in [2.24, 2.45) is 0 Å². The first-order valence-corrected chi connectivity index (χ1v) is 5.77. The Labute approximate surface area is 105 Å². The quantitative estimate of drug-likeness (QED) is 0.861. The molecule has 1 aromatic heterocycles. The van der Waals surface area contributed by atoms with Crippen molar-refractivity contribution in [3.05, 3.63) is 38.3 Å². The summed E-state index contributed by atoms with van der Waals surface area (Å²) >= 11 is 9.15. The highest BCUT2D eigenvalue weighted by molar-refractivity contribution is 9.10. The minimum atomic E-state index is -0.245. The second-order valence-electron chi connectivity index (χ2n) is 3.22. The van der Waals surface area contributed by atoms with Crippen molar-refractivity contribution in [2.45, 2.75) is 6.54 Å². The van der Waals surface area contributed by atoms with E-state index in [1.165, 1.54) is 4.57 Å². The summed E-state index contributed by atoms with van der Waals surface area (Å²) in [5.74, 6) is 0. The normalized spacial score (nSPS) is 10.9. The Morgan fingerprint density at radius 1 is 1.50 bits per heavy atom. The Hall–Kier alpha value is -0.910. The largest absolute Gasteiger partial charge is 0.395 e. The van der Waals surface area contributed by atoms with Crippen LogP contribution in [-0.2, 0) is 6.54 Å². The molecule has 1 heterocycles. The van der Waals surface area contributed by atoms with Crippen LogP contribution in [0, 0.1) is 0 Å². The van der Waals surface area contributed by atoms with Crippen LogP contribution in [0.1, 0.15) is 0 Å². The van der Waals surface area contributed by atoms with Gasteiger partial charge in [-0.2, -0.15) is 0 Å². The summed E-state index contributed by atoms with van der Waals surface area (Å²) in [6.45, 7) is -0.00602. The minimum absolute atomic E-state index is 0.0915. The first-order valence-electron chi connectivity index (χ1n) is 4.60. The van der Waals surface area contributed by atoms with Gasteiger partial charge in [0.25, 0.3) is 5.56 Å². The van der Waals surface area contributed by atoms with Crippen molar-refractivity contribution in [1.29, 1.82) is 0 Å².